The highest BCUT2D eigenvalue weighted by Crippen LogP contribution is 2.40. The van der Waals surface area contributed by atoms with Gasteiger partial charge in [0.25, 0.3) is 0 Å². The highest BCUT2D eigenvalue weighted by atomic mass is 35.5. The van der Waals surface area contributed by atoms with Crippen LogP contribution in [-0.4, -0.2) is 18.3 Å². The maximum Gasteiger partial charge on any atom is 0.481 e. The van der Waals surface area contributed by atoms with E-state index >= 15 is 0 Å². The Bertz CT molecular complexity index is 405. The SMILES string of the molecule is CC1(C)OB([C@H](N)c2ccc(Cl)s2)OC1(C)C. The van der Waals surface area contributed by atoms with Gasteiger partial charge in [-0.2, -0.15) is 0 Å². The number of rotatable bonds is 2. The van der Waals surface area contributed by atoms with E-state index in [1.807, 2.05) is 39.8 Å². The first-order valence-electron chi connectivity index (χ1n) is 5.59. The number of thiophene rings is 1. The summed E-state index contributed by atoms with van der Waals surface area (Å²) in [5, 5.41) is 0. The van der Waals surface area contributed by atoms with Crippen molar-refractivity contribution in [3.8, 4) is 0 Å². The van der Waals surface area contributed by atoms with Gasteiger partial charge in [-0.05, 0) is 39.8 Å². The molecule has 2 rings (SSSR count). The molecule has 1 saturated heterocycles. The zero-order valence-corrected chi connectivity index (χ0v) is 12.1. The van der Waals surface area contributed by atoms with Gasteiger partial charge in [0.1, 0.15) is 0 Å². The Kier molecular flexibility index (Phi) is 3.34. The summed E-state index contributed by atoms with van der Waals surface area (Å²) in [6.07, 6.45) is 0. The van der Waals surface area contributed by atoms with Crippen LogP contribution in [0.3, 0.4) is 0 Å². The standard InChI is InChI=1S/C11H17BClNO2S/c1-10(2)11(3,4)16-12(15-10)9(14)7-5-6-8(13)17-7/h5-6,9H,14H2,1-4H3/t9-/m1/s1. The van der Waals surface area contributed by atoms with Gasteiger partial charge in [-0.3, -0.25) is 0 Å². The Balaban J connectivity index is 2.16. The van der Waals surface area contributed by atoms with Crippen molar-refractivity contribution < 1.29 is 9.31 Å². The van der Waals surface area contributed by atoms with E-state index in [-0.39, 0.29) is 17.1 Å². The first-order valence-corrected chi connectivity index (χ1v) is 6.79. The van der Waals surface area contributed by atoms with Crippen molar-refractivity contribution >= 4 is 30.1 Å². The number of hydrogen-bond donors (Lipinski definition) is 1. The second-order valence-electron chi connectivity index (χ2n) is 5.29. The van der Waals surface area contributed by atoms with Gasteiger partial charge in [-0.25, -0.2) is 0 Å². The zero-order chi connectivity index (χ0) is 12.8. The normalized spacial score (nSPS) is 24.0. The van der Waals surface area contributed by atoms with Gasteiger partial charge in [0.05, 0.1) is 21.5 Å². The molecule has 1 aliphatic heterocycles. The number of nitrogens with two attached hydrogens (primary N) is 1. The largest absolute Gasteiger partial charge is 0.481 e. The van der Waals surface area contributed by atoms with Crippen molar-refractivity contribution in [2.75, 3.05) is 0 Å². The van der Waals surface area contributed by atoms with Gasteiger partial charge >= 0.3 is 7.12 Å². The summed E-state index contributed by atoms with van der Waals surface area (Å²) in [7, 11) is -0.422. The van der Waals surface area contributed by atoms with E-state index in [0.717, 1.165) is 9.21 Å². The Hall–Kier alpha value is -0.0651. The average Bonchev–Trinajstić information content (AvgIpc) is 2.69. The molecule has 1 atom stereocenters. The predicted octanol–water partition coefficient (Wildman–Crippen LogP) is 3.03. The fourth-order valence-corrected chi connectivity index (χ4v) is 2.75. The molecule has 1 fully saturated rings. The van der Waals surface area contributed by atoms with Crippen LogP contribution in [0.2, 0.25) is 4.34 Å². The zero-order valence-electron chi connectivity index (χ0n) is 10.5. The van der Waals surface area contributed by atoms with E-state index in [4.69, 9.17) is 26.6 Å². The molecule has 6 heteroatoms. The maximum absolute atomic E-state index is 6.16. The molecule has 2 heterocycles. The molecule has 1 aliphatic rings. The van der Waals surface area contributed by atoms with Gasteiger partial charge in [-0.1, -0.05) is 11.6 Å². The van der Waals surface area contributed by atoms with Crippen LogP contribution in [0.4, 0.5) is 0 Å². The van der Waals surface area contributed by atoms with E-state index in [9.17, 15) is 0 Å². The van der Waals surface area contributed by atoms with Crippen LogP contribution < -0.4 is 5.73 Å². The number of hydrogen-bond acceptors (Lipinski definition) is 4. The van der Waals surface area contributed by atoms with Crippen molar-refractivity contribution in [1.82, 2.24) is 0 Å². The van der Waals surface area contributed by atoms with Gasteiger partial charge in [0.2, 0.25) is 0 Å². The average molecular weight is 274 g/mol. The van der Waals surface area contributed by atoms with Crippen LogP contribution in [0.15, 0.2) is 12.1 Å². The topological polar surface area (TPSA) is 44.5 Å². The maximum atomic E-state index is 6.16. The van der Waals surface area contributed by atoms with Crippen molar-refractivity contribution in [2.45, 2.75) is 44.8 Å². The van der Waals surface area contributed by atoms with Crippen molar-refractivity contribution in [2.24, 2.45) is 5.73 Å². The molecule has 0 saturated carbocycles. The molecule has 0 aromatic carbocycles. The highest BCUT2D eigenvalue weighted by molar-refractivity contribution is 7.16. The Labute approximate surface area is 111 Å². The smallest absolute Gasteiger partial charge is 0.402 e. The summed E-state index contributed by atoms with van der Waals surface area (Å²) in [6.45, 7) is 8.06. The van der Waals surface area contributed by atoms with Crippen molar-refractivity contribution in [3.05, 3.63) is 21.3 Å². The highest BCUT2D eigenvalue weighted by Gasteiger charge is 2.53. The van der Waals surface area contributed by atoms with Gasteiger partial charge in [-0.15, -0.1) is 11.3 Å². The lowest BCUT2D eigenvalue weighted by Gasteiger charge is -2.32. The van der Waals surface area contributed by atoms with Crippen LogP contribution in [0.5, 0.6) is 0 Å². The molecular weight excluding hydrogens is 256 g/mol. The molecule has 3 nitrogen and oxygen atoms in total. The van der Waals surface area contributed by atoms with Crippen molar-refractivity contribution in [3.63, 3.8) is 0 Å². The molecule has 0 amide bonds. The van der Waals surface area contributed by atoms with E-state index in [1.54, 1.807) is 0 Å². The lowest BCUT2D eigenvalue weighted by atomic mass is 9.78. The second-order valence-corrected chi connectivity index (χ2v) is 7.04. The second kappa shape index (κ2) is 4.25. The Morgan fingerprint density at radius 2 is 1.76 bits per heavy atom. The van der Waals surface area contributed by atoms with Crippen LogP contribution in [0.25, 0.3) is 0 Å². The molecular formula is C11H17BClNO2S. The number of halogens is 1. The van der Waals surface area contributed by atoms with Gasteiger partial charge in [0, 0.05) is 4.88 Å². The Morgan fingerprint density at radius 3 is 2.18 bits per heavy atom. The van der Waals surface area contributed by atoms with Gasteiger partial charge in [0.15, 0.2) is 0 Å². The summed E-state index contributed by atoms with van der Waals surface area (Å²) in [4.78, 5) is 0.980. The fourth-order valence-electron chi connectivity index (χ4n) is 1.68. The fraction of sp³-hybridized carbons (Fsp3) is 0.636. The minimum Gasteiger partial charge on any atom is -0.402 e. The first kappa shape index (κ1) is 13.4. The predicted molar refractivity (Wildman–Crippen MR) is 72.3 cm³/mol. The lowest BCUT2D eigenvalue weighted by Crippen LogP contribution is -2.41. The summed E-state index contributed by atoms with van der Waals surface area (Å²) in [6, 6.07) is 3.76. The first-order chi connectivity index (χ1) is 7.73. The minimum atomic E-state index is -0.422. The molecule has 17 heavy (non-hydrogen) atoms. The van der Waals surface area contributed by atoms with E-state index < -0.39 is 7.12 Å². The summed E-state index contributed by atoms with van der Waals surface area (Å²) in [5.41, 5.74) is 5.46. The molecule has 0 unspecified atom stereocenters. The third-order valence-electron chi connectivity index (χ3n) is 3.49. The van der Waals surface area contributed by atoms with Crippen LogP contribution >= 0.6 is 22.9 Å². The molecule has 2 N–H and O–H groups in total. The molecule has 0 spiro atoms. The van der Waals surface area contributed by atoms with E-state index in [1.165, 1.54) is 11.3 Å². The molecule has 0 radical (unpaired) electrons. The lowest BCUT2D eigenvalue weighted by molar-refractivity contribution is 0.00578. The van der Waals surface area contributed by atoms with Crippen molar-refractivity contribution in [1.29, 1.82) is 0 Å². The third kappa shape index (κ3) is 2.40. The third-order valence-corrected chi connectivity index (χ3v) is 4.82. The summed E-state index contributed by atoms with van der Waals surface area (Å²) >= 11 is 7.37. The summed E-state index contributed by atoms with van der Waals surface area (Å²) < 4.78 is 12.5. The minimum absolute atomic E-state index is 0.298. The molecule has 94 valence electrons. The monoisotopic (exact) mass is 273 g/mol. The molecule has 1 aromatic rings. The molecule has 0 bridgehead atoms. The summed E-state index contributed by atoms with van der Waals surface area (Å²) in [5.74, 6) is -0.298. The van der Waals surface area contributed by atoms with E-state index in [0.29, 0.717) is 0 Å². The van der Waals surface area contributed by atoms with Crippen LogP contribution in [-0.2, 0) is 9.31 Å². The Morgan fingerprint density at radius 1 is 1.24 bits per heavy atom. The van der Waals surface area contributed by atoms with Gasteiger partial charge < -0.3 is 15.0 Å². The van der Waals surface area contributed by atoms with Crippen LogP contribution in [0, 0.1) is 0 Å². The molecule has 1 aromatic heterocycles. The van der Waals surface area contributed by atoms with E-state index in [2.05, 4.69) is 0 Å². The van der Waals surface area contributed by atoms with Crippen LogP contribution in [0.1, 0.15) is 38.5 Å². The molecule has 0 aliphatic carbocycles. The quantitative estimate of drug-likeness (QED) is 0.843.